The Hall–Kier alpha value is -5.03. The number of amides is 4. The molecule has 0 saturated carbocycles. The number of aromatic nitrogens is 1. The van der Waals surface area contributed by atoms with Crippen LogP contribution >= 0.6 is 11.8 Å². The second-order valence-electron chi connectivity index (χ2n) is 10.3. The lowest BCUT2D eigenvalue weighted by Gasteiger charge is -2.15. The molecule has 4 amide bonds. The first-order valence-electron chi connectivity index (χ1n) is 13.6. The number of nitrogens with one attached hydrogen (secondary N) is 2. The van der Waals surface area contributed by atoms with Gasteiger partial charge in [0, 0.05) is 39.6 Å². The average Bonchev–Trinajstić information content (AvgIpc) is 3.63. The highest BCUT2D eigenvalue weighted by Gasteiger charge is 2.37. The molecule has 4 aromatic rings. The van der Waals surface area contributed by atoms with Gasteiger partial charge in [0.25, 0.3) is 11.1 Å². The van der Waals surface area contributed by atoms with Crippen LogP contribution < -0.4 is 20.1 Å². The van der Waals surface area contributed by atoms with Gasteiger partial charge in [-0.05, 0) is 67.9 Å². The number of ether oxygens (including phenoxy) is 2. The van der Waals surface area contributed by atoms with E-state index < -0.39 is 23.6 Å². The molecule has 10 nitrogen and oxygen atoms in total. The number of imide groups is 1. The molecule has 0 atom stereocenters. The van der Waals surface area contributed by atoms with Crippen LogP contribution in [0.4, 0.5) is 16.2 Å². The fraction of sp³-hybridized carbons (Fsp3) is 0.188. The number of aryl methyl sites for hydroxylation is 2. The van der Waals surface area contributed by atoms with Gasteiger partial charge in [-0.3, -0.25) is 24.1 Å². The number of fused-ring (bicyclic) bond motifs is 2. The van der Waals surface area contributed by atoms with Crippen molar-refractivity contribution in [3.05, 3.63) is 88.0 Å². The number of hydrogen-bond donors (Lipinski definition) is 2. The number of nitrogens with zero attached hydrogens (tertiary/aromatic N) is 2. The molecule has 1 aromatic heterocycles. The van der Waals surface area contributed by atoms with E-state index in [4.69, 9.17) is 9.47 Å². The maximum Gasteiger partial charge on any atom is 0.294 e. The lowest BCUT2D eigenvalue weighted by Crippen LogP contribution is -2.36. The summed E-state index contributed by atoms with van der Waals surface area (Å²) in [6.07, 6.45) is 1.66. The first-order valence-corrected chi connectivity index (χ1v) is 14.4. The molecular formula is C32H28N4O6S. The van der Waals surface area contributed by atoms with Crippen molar-refractivity contribution in [2.24, 2.45) is 0 Å². The smallest absolute Gasteiger partial charge is 0.294 e. The van der Waals surface area contributed by atoms with Gasteiger partial charge in [-0.15, -0.1) is 0 Å². The predicted octanol–water partition coefficient (Wildman–Crippen LogP) is 5.61. The van der Waals surface area contributed by atoms with E-state index in [1.807, 2.05) is 67.8 Å². The zero-order valence-corrected chi connectivity index (χ0v) is 24.5. The summed E-state index contributed by atoms with van der Waals surface area (Å²) in [6, 6.07) is 18.4. The number of carbonyl (C=O) groups excluding carboxylic acids is 4. The number of para-hydroxylation sites is 2. The van der Waals surface area contributed by atoms with Crippen molar-refractivity contribution in [1.29, 1.82) is 0 Å². The Labute approximate surface area is 251 Å². The van der Waals surface area contributed by atoms with Gasteiger partial charge >= 0.3 is 0 Å². The monoisotopic (exact) mass is 596 g/mol. The summed E-state index contributed by atoms with van der Waals surface area (Å²) in [6.45, 7) is 5.40. The van der Waals surface area contributed by atoms with E-state index in [9.17, 15) is 19.2 Å². The Kier molecular flexibility index (Phi) is 7.41. The standard InChI is InChI=1S/C32H28N4O6S/c1-18-7-6-8-19(2)30(18)34-29(38)16-36-31(39)27(43-32(36)40)14-23-20(3)35(24-10-5-4-9-22(23)24)15-28(37)33-21-11-12-25-26(13-21)42-17-41-25/h4-14H,15-17H2,1-3H3,(H,33,37)(H,34,38)/b27-14-. The van der Waals surface area contributed by atoms with Crippen LogP contribution in [0.5, 0.6) is 11.5 Å². The molecule has 1 saturated heterocycles. The highest BCUT2D eigenvalue weighted by atomic mass is 32.2. The molecule has 2 aliphatic heterocycles. The number of anilines is 2. The van der Waals surface area contributed by atoms with Gasteiger partial charge in [0.1, 0.15) is 13.1 Å². The molecule has 0 aliphatic carbocycles. The summed E-state index contributed by atoms with van der Waals surface area (Å²) in [4.78, 5) is 53.2. The highest BCUT2D eigenvalue weighted by molar-refractivity contribution is 8.18. The van der Waals surface area contributed by atoms with Crippen molar-refractivity contribution in [2.75, 3.05) is 24.0 Å². The first kappa shape index (κ1) is 28.1. The molecule has 3 aromatic carbocycles. The Balaban J connectivity index is 1.22. The van der Waals surface area contributed by atoms with Crippen LogP contribution in [-0.2, 0) is 20.9 Å². The van der Waals surface area contributed by atoms with Gasteiger partial charge < -0.3 is 24.7 Å². The molecule has 6 rings (SSSR count). The van der Waals surface area contributed by atoms with Gasteiger partial charge in [-0.1, -0.05) is 36.4 Å². The van der Waals surface area contributed by atoms with Crippen LogP contribution in [0.1, 0.15) is 22.4 Å². The lowest BCUT2D eigenvalue weighted by atomic mass is 10.1. The summed E-state index contributed by atoms with van der Waals surface area (Å²) >= 11 is 0.791. The number of hydrogen-bond acceptors (Lipinski definition) is 7. The van der Waals surface area contributed by atoms with E-state index in [2.05, 4.69) is 10.6 Å². The van der Waals surface area contributed by atoms with Crippen molar-refractivity contribution >= 4 is 63.1 Å². The van der Waals surface area contributed by atoms with E-state index in [0.717, 1.165) is 49.9 Å². The lowest BCUT2D eigenvalue weighted by molar-refractivity contribution is -0.127. The van der Waals surface area contributed by atoms with Gasteiger partial charge in [0.05, 0.1) is 4.91 Å². The van der Waals surface area contributed by atoms with Crippen LogP contribution in [0.2, 0.25) is 0 Å². The zero-order valence-electron chi connectivity index (χ0n) is 23.7. The Morgan fingerprint density at radius 2 is 1.60 bits per heavy atom. The molecule has 2 aliphatic rings. The molecule has 0 bridgehead atoms. The molecule has 43 heavy (non-hydrogen) atoms. The molecule has 0 radical (unpaired) electrons. The van der Waals surface area contributed by atoms with Crippen LogP contribution in [0.15, 0.2) is 65.6 Å². The average molecular weight is 597 g/mol. The summed E-state index contributed by atoms with van der Waals surface area (Å²) < 4.78 is 12.6. The first-order chi connectivity index (χ1) is 20.7. The molecule has 3 heterocycles. The van der Waals surface area contributed by atoms with Crippen molar-refractivity contribution in [2.45, 2.75) is 27.3 Å². The van der Waals surface area contributed by atoms with Gasteiger partial charge in [0.15, 0.2) is 11.5 Å². The van der Waals surface area contributed by atoms with Gasteiger partial charge in [-0.2, -0.15) is 0 Å². The summed E-state index contributed by atoms with van der Waals surface area (Å²) in [5.41, 5.74) is 5.30. The van der Waals surface area contributed by atoms with Crippen LogP contribution in [0.25, 0.3) is 17.0 Å². The SMILES string of the molecule is Cc1cccc(C)c1NC(=O)CN1C(=O)S/C(=C\c2c(C)n(CC(=O)Nc3ccc4c(c3)OCO4)c3ccccc23)C1=O. The van der Waals surface area contributed by atoms with E-state index in [1.165, 1.54) is 0 Å². The number of rotatable bonds is 7. The third kappa shape index (κ3) is 5.46. The Bertz CT molecular complexity index is 1840. The van der Waals surface area contributed by atoms with Crippen molar-refractivity contribution in [3.63, 3.8) is 0 Å². The second kappa shape index (κ2) is 11.3. The molecule has 1 fully saturated rings. The fourth-order valence-electron chi connectivity index (χ4n) is 5.26. The Morgan fingerprint density at radius 1 is 0.884 bits per heavy atom. The van der Waals surface area contributed by atoms with Gasteiger partial charge in [0.2, 0.25) is 18.6 Å². The van der Waals surface area contributed by atoms with E-state index in [1.54, 1.807) is 24.3 Å². The highest BCUT2D eigenvalue weighted by Crippen LogP contribution is 2.36. The van der Waals surface area contributed by atoms with Crippen molar-refractivity contribution in [1.82, 2.24) is 9.47 Å². The largest absolute Gasteiger partial charge is 0.454 e. The van der Waals surface area contributed by atoms with E-state index >= 15 is 0 Å². The molecule has 0 unspecified atom stereocenters. The maximum absolute atomic E-state index is 13.3. The molecule has 11 heteroatoms. The molecular weight excluding hydrogens is 568 g/mol. The minimum absolute atomic E-state index is 0.0224. The number of thioether (sulfide) groups is 1. The number of carbonyl (C=O) groups is 4. The van der Waals surface area contributed by atoms with Crippen LogP contribution in [-0.4, -0.2) is 45.8 Å². The fourth-order valence-corrected chi connectivity index (χ4v) is 6.08. The van der Waals surface area contributed by atoms with E-state index in [0.29, 0.717) is 22.9 Å². The summed E-state index contributed by atoms with van der Waals surface area (Å²) in [5.74, 6) is -0.0455. The zero-order chi connectivity index (χ0) is 30.2. The maximum atomic E-state index is 13.3. The normalized spacial score (nSPS) is 15.0. The Morgan fingerprint density at radius 3 is 2.40 bits per heavy atom. The van der Waals surface area contributed by atoms with Crippen molar-refractivity contribution in [3.8, 4) is 11.5 Å². The van der Waals surface area contributed by atoms with Crippen LogP contribution in [0.3, 0.4) is 0 Å². The minimum Gasteiger partial charge on any atom is -0.454 e. The minimum atomic E-state index is -0.538. The molecule has 0 spiro atoms. The molecule has 2 N–H and O–H groups in total. The number of benzene rings is 3. The predicted molar refractivity (Wildman–Crippen MR) is 165 cm³/mol. The van der Waals surface area contributed by atoms with E-state index in [-0.39, 0.29) is 24.2 Å². The van der Waals surface area contributed by atoms with Crippen LogP contribution in [0, 0.1) is 20.8 Å². The van der Waals surface area contributed by atoms with Crippen molar-refractivity contribution < 1.29 is 28.7 Å². The third-order valence-corrected chi connectivity index (χ3v) is 8.34. The quantitative estimate of drug-likeness (QED) is 0.266. The summed E-state index contributed by atoms with van der Waals surface area (Å²) in [7, 11) is 0. The second-order valence-corrected chi connectivity index (χ2v) is 11.3. The summed E-state index contributed by atoms with van der Waals surface area (Å²) in [5, 5.41) is 6.04. The molecule has 218 valence electrons. The van der Waals surface area contributed by atoms with Gasteiger partial charge in [-0.25, -0.2) is 0 Å². The topological polar surface area (TPSA) is 119 Å². The third-order valence-electron chi connectivity index (χ3n) is 7.43.